The number of aliphatic hydroxyl groups is 1. The van der Waals surface area contributed by atoms with Gasteiger partial charge in [-0.3, -0.25) is 9.59 Å². The Labute approximate surface area is 196 Å². The molecule has 0 unspecified atom stereocenters. The van der Waals surface area contributed by atoms with E-state index in [1.54, 1.807) is 30.3 Å². The number of nitrogens with zero attached hydrogens (tertiary/aromatic N) is 1. The summed E-state index contributed by atoms with van der Waals surface area (Å²) >= 11 is 6.25. The Kier molecular flexibility index (Phi) is 5.43. The number of likely N-dealkylation sites (tertiary alicyclic amines) is 1. The number of Topliss-reactive ketones (excluding diaryl/α,β-unsaturated/α-hetero) is 1. The van der Waals surface area contributed by atoms with Crippen molar-refractivity contribution in [2.45, 2.75) is 32.0 Å². The number of aliphatic hydroxyl groups excluding tert-OH is 1. The molecule has 1 fully saturated rings. The number of amides is 1. The van der Waals surface area contributed by atoms with Crippen molar-refractivity contribution in [1.82, 2.24) is 4.90 Å². The number of carbonyl (C=O) groups excluding carboxylic acids is 2. The molecule has 2 aliphatic rings. The average Bonchev–Trinajstić information content (AvgIpc) is 3.30. The van der Waals surface area contributed by atoms with Crippen LogP contribution in [0.15, 0.2) is 78.4 Å². The van der Waals surface area contributed by atoms with Gasteiger partial charge in [0.05, 0.1) is 11.6 Å². The van der Waals surface area contributed by atoms with Gasteiger partial charge in [0.1, 0.15) is 17.6 Å². The summed E-state index contributed by atoms with van der Waals surface area (Å²) in [6, 6.07) is 21.1. The maximum atomic E-state index is 13.2. The van der Waals surface area contributed by atoms with E-state index >= 15 is 0 Å². The zero-order chi connectivity index (χ0) is 23.1. The van der Waals surface area contributed by atoms with Crippen LogP contribution in [0.2, 0.25) is 5.02 Å². The largest absolute Gasteiger partial charge is 0.507 e. The minimum atomic E-state index is -0.757. The molecule has 0 bridgehead atoms. The highest BCUT2D eigenvalue weighted by Gasteiger charge is 2.46. The van der Waals surface area contributed by atoms with Gasteiger partial charge in [-0.1, -0.05) is 54.1 Å². The number of hydrogen-bond donors (Lipinski definition) is 1. The summed E-state index contributed by atoms with van der Waals surface area (Å²) in [5.74, 6) is -0.784. The molecule has 3 aromatic carbocycles. The normalized spacial score (nSPS) is 21.2. The number of ether oxygens (including phenoxy) is 1. The lowest BCUT2D eigenvalue weighted by Crippen LogP contribution is -2.29. The van der Waals surface area contributed by atoms with Crippen LogP contribution in [0, 0.1) is 0 Å². The van der Waals surface area contributed by atoms with Crippen LogP contribution >= 0.6 is 11.6 Å². The summed E-state index contributed by atoms with van der Waals surface area (Å²) in [5, 5.41) is 11.8. The molecule has 3 aromatic rings. The SMILES string of the molecule is C[C@H]1Cc2cc(/C(O)=C3\C(=O)C(=O)N(Cc4ccccc4)[C@@H]3c3cccc(Cl)c3)ccc2O1. The summed E-state index contributed by atoms with van der Waals surface area (Å²) < 4.78 is 5.75. The third-order valence-electron chi connectivity index (χ3n) is 6.07. The quantitative estimate of drug-likeness (QED) is 0.327. The van der Waals surface area contributed by atoms with Crippen LogP contribution in [0.25, 0.3) is 5.76 Å². The van der Waals surface area contributed by atoms with Crippen molar-refractivity contribution in [3.05, 3.63) is 106 Å². The third-order valence-corrected chi connectivity index (χ3v) is 6.30. The zero-order valence-electron chi connectivity index (χ0n) is 18.0. The Morgan fingerprint density at radius 1 is 1.06 bits per heavy atom. The van der Waals surface area contributed by atoms with Crippen LogP contribution in [0.1, 0.15) is 35.2 Å². The highest BCUT2D eigenvalue weighted by molar-refractivity contribution is 6.46. The number of halogens is 1. The molecule has 6 heteroatoms. The maximum Gasteiger partial charge on any atom is 0.295 e. The fraction of sp³-hybridized carbons (Fsp3) is 0.185. The predicted molar refractivity (Wildman–Crippen MR) is 126 cm³/mol. The summed E-state index contributed by atoms with van der Waals surface area (Å²) in [5.41, 5.74) is 3.05. The molecule has 0 radical (unpaired) electrons. The van der Waals surface area contributed by atoms with Gasteiger partial charge in [0.25, 0.3) is 11.7 Å². The lowest BCUT2D eigenvalue weighted by atomic mass is 9.94. The molecular weight excluding hydrogens is 438 g/mol. The van der Waals surface area contributed by atoms with E-state index in [1.807, 2.05) is 49.4 Å². The van der Waals surface area contributed by atoms with Crippen LogP contribution in [0.3, 0.4) is 0 Å². The molecular formula is C27H22ClNO4. The second-order valence-corrected chi connectivity index (χ2v) is 8.86. The summed E-state index contributed by atoms with van der Waals surface area (Å²) in [6.45, 7) is 2.21. The van der Waals surface area contributed by atoms with Gasteiger partial charge < -0.3 is 14.7 Å². The first-order valence-electron chi connectivity index (χ1n) is 10.8. The van der Waals surface area contributed by atoms with Gasteiger partial charge in [-0.05, 0) is 53.9 Å². The van der Waals surface area contributed by atoms with E-state index < -0.39 is 17.7 Å². The summed E-state index contributed by atoms with van der Waals surface area (Å²) in [7, 11) is 0. The lowest BCUT2D eigenvalue weighted by molar-refractivity contribution is -0.140. The Hall–Kier alpha value is -3.57. The van der Waals surface area contributed by atoms with Gasteiger partial charge in [0.15, 0.2) is 0 Å². The smallest absolute Gasteiger partial charge is 0.295 e. The molecule has 1 saturated heterocycles. The van der Waals surface area contributed by atoms with Gasteiger partial charge >= 0.3 is 0 Å². The van der Waals surface area contributed by atoms with Gasteiger partial charge in [-0.15, -0.1) is 0 Å². The van der Waals surface area contributed by atoms with Gasteiger partial charge in [0, 0.05) is 23.6 Å². The summed E-state index contributed by atoms with van der Waals surface area (Å²) in [4.78, 5) is 27.8. The monoisotopic (exact) mass is 459 g/mol. The van der Waals surface area contributed by atoms with Crippen LogP contribution in [0.5, 0.6) is 5.75 Å². The molecule has 2 atom stereocenters. The van der Waals surface area contributed by atoms with Crippen LogP contribution in [-0.4, -0.2) is 27.8 Å². The van der Waals surface area contributed by atoms with E-state index in [9.17, 15) is 14.7 Å². The predicted octanol–water partition coefficient (Wildman–Crippen LogP) is 5.29. The van der Waals surface area contributed by atoms with Crippen molar-refractivity contribution in [2.75, 3.05) is 0 Å². The van der Waals surface area contributed by atoms with Crippen molar-refractivity contribution >= 4 is 29.1 Å². The highest BCUT2D eigenvalue weighted by atomic mass is 35.5. The fourth-order valence-electron chi connectivity index (χ4n) is 4.57. The number of fused-ring (bicyclic) bond motifs is 1. The number of hydrogen-bond acceptors (Lipinski definition) is 4. The van der Waals surface area contributed by atoms with Crippen molar-refractivity contribution in [3.8, 4) is 5.75 Å². The second-order valence-electron chi connectivity index (χ2n) is 8.42. The zero-order valence-corrected chi connectivity index (χ0v) is 18.8. The Morgan fingerprint density at radius 3 is 2.61 bits per heavy atom. The number of rotatable bonds is 4. The maximum absolute atomic E-state index is 13.2. The third kappa shape index (κ3) is 3.89. The molecule has 5 nitrogen and oxygen atoms in total. The average molecular weight is 460 g/mol. The molecule has 0 aliphatic carbocycles. The van der Waals surface area contributed by atoms with Crippen molar-refractivity contribution in [3.63, 3.8) is 0 Å². The number of carbonyl (C=O) groups is 2. The van der Waals surface area contributed by atoms with Gasteiger partial charge in [-0.25, -0.2) is 0 Å². The second kappa shape index (κ2) is 8.41. The molecule has 0 saturated carbocycles. The van der Waals surface area contributed by atoms with E-state index in [0.717, 1.165) is 23.3 Å². The van der Waals surface area contributed by atoms with Crippen molar-refractivity contribution in [2.24, 2.45) is 0 Å². The Balaban J connectivity index is 1.64. The van der Waals surface area contributed by atoms with E-state index in [-0.39, 0.29) is 24.0 Å². The van der Waals surface area contributed by atoms with Crippen molar-refractivity contribution in [1.29, 1.82) is 0 Å². The van der Waals surface area contributed by atoms with E-state index in [1.165, 1.54) is 4.90 Å². The molecule has 2 aliphatic heterocycles. The number of benzene rings is 3. The Morgan fingerprint density at radius 2 is 1.85 bits per heavy atom. The summed E-state index contributed by atoms with van der Waals surface area (Å²) in [6.07, 6.45) is 0.775. The minimum absolute atomic E-state index is 0.0558. The van der Waals surface area contributed by atoms with Gasteiger partial charge in [0.2, 0.25) is 0 Å². The van der Waals surface area contributed by atoms with Crippen LogP contribution in [0.4, 0.5) is 0 Å². The van der Waals surface area contributed by atoms with E-state index in [4.69, 9.17) is 16.3 Å². The first-order valence-corrected chi connectivity index (χ1v) is 11.2. The number of ketones is 1. The standard InChI is InChI=1S/C27H22ClNO4/c1-16-12-20-13-19(10-11-22(20)33-16)25(30)23-24(18-8-5-9-21(28)14-18)29(27(32)26(23)31)15-17-6-3-2-4-7-17/h2-11,13-14,16,24,30H,12,15H2,1H3/b25-23+/t16-,24+/m0/s1. The molecule has 1 amide bonds. The van der Waals surface area contributed by atoms with E-state index in [2.05, 4.69) is 0 Å². The van der Waals surface area contributed by atoms with E-state index in [0.29, 0.717) is 16.1 Å². The topological polar surface area (TPSA) is 66.8 Å². The van der Waals surface area contributed by atoms with Crippen molar-refractivity contribution < 1.29 is 19.4 Å². The van der Waals surface area contributed by atoms with Gasteiger partial charge in [-0.2, -0.15) is 0 Å². The van der Waals surface area contributed by atoms with Crippen LogP contribution in [-0.2, 0) is 22.6 Å². The first kappa shape index (κ1) is 21.3. The first-order chi connectivity index (χ1) is 15.9. The molecule has 5 rings (SSSR count). The highest BCUT2D eigenvalue weighted by Crippen LogP contribution is 2.41. The minimum Gasteiger partial charge on any atom is -0.507 e. The molecule has 0 spiro atoms. The molecule has 2 heterocycles. The Bertz CT molecular complexity index is 1280. The molecule has 1 N–H and O–H groups in total. The molecule has 0 aromatic heterocycles. The fourth-order valence-corrected chi connectivity index (χ4v) is 4.77. The molecule has 33 heavy (non-hydrogen) atoms. The molecule has 166 valence electrons. The lowest BCUT2D eigenvalue weighted by Gasteiger charge is -2.25. The van der Waals surface area contributed by atoms with Crippen LogP contribution < -0.4 is 4.74 Å².